The first kappa shape index (κ1) is 19.8. The van der Waals surface area contributed by atoms with Gasteiger partial charge in [-0.3, -0.25) is 14.5 Å². The number of pyridine rings is 3. The number of carboxylic acid groups (broad SMARTS) is 1. The third-order valence-corrected chi connectivity index (χ3v) is 4.67. The number of methoxy groups -OCH3 is 1. The first-order valence-corrected chi connectivity index (χ1v) is 9.18. The Morgan fingerprint density at radius 2 is 1.94 bits per heavy atom. The lowest BCUT2D eigenvalue weighted by molar-refractivity contribution is 0.0992. The largest absolute Gasteiger partial charge is 0.481 e. The van der Waals surface area contributed by atoms with Crippen LogP contribution in [0.4, 0.5) is 16.3 Å². The van der Waals surface area contributed by atoms with Crippen LogP contribution in [-0.4, -0.2) is 50.6 Å². The Morgan fingerprint density at radius 1 is 1.10 bits per heavy atom. The number of nitrogens with zero attached hydrogens (tertiary/aromatic N) is 5. The summed E-state index contributed by atoms with van der Waals surface area (Å²) in [6, 6.07) is 10.2. The lowest BCUT2D eigenvalue weighted by atomic mass is 10.2. The maximum absolute atomic E-state index is 13.1. The highest BCUT2D eigenvalue weighted by Gasteiger charge is 2.16. The zero-order valence-corrected chi connectivity index (χ0v) is 16.7. The van der Waals surface area contributed by atoms with Crippen LogP contribution in [0.5, 0.6) is 5.88 Å². The summed E-state index contributed by atoms with van der Waals surface area (Å²) >= 11 is 0. The Kier molecular flexibility index (Phi) is 5.19. The molecule has 0 aliphatic rings. The summed E-state index contributed by atoms with van der Waals surface area (Å²) in [4.78, 5) is 37.8. The van der Waals surface area contributed by atoms with Gasteiger partial charge in [-0.2, -0.15) is 0 Å². The zero-order valence-electron chi connectivity index (χ0n) is 16.7. The van der Waals surface area contributed by atoms with Crippen molar-refractivity contribution in [2.45, 2.75) is 0 Å². The van der Waals surface area contributed by atoms with E-state index in [1.807, 2.05) is 0 Å². The molecule has 0 radical (unpaired) electrons. The van der Waals surface area contributed by atoms with Gasteiger partial charge in [-0.25, -0.2) is 19.7 Å². The van der Waals surface area contributed by atoms with Crippen molar-refractivity contribution in [3.8, 4) is 17.1 Å². The van der Waals surface area contributed by atoms with E-state index in [4.69, 9.17) is 9.84 Å². The minimum atomic E-state index is -1.19. The predicted molar refractivity (Wildman–Crippen MR) is 114 cm³/mol. The molecular weight excluding hydrogens is 400 g/mol. The number of hydrogen-bond donors (Lipinski definition) is 2. The van der Waals surface area contributed by atoms with Crippen LogP contribution in [0.15, 0.2) is 61.2 Å². The summed E-state index contributed by atoms with van der Waals surface area (Å²) in [5.74, 6) is 0.419. The number of anilines is 2. The molecule has 0 bridgehead atoms. The molecule has 0 saturated carbocycles. The molecule has 10 heteroatoms. The number of imidazole rings is 1. The lowest BCUT2D eigenvalue weighted by Crippen LogP contribution is -2.26. The highest BCUT2D eigenvalue weighted by atomic mass is 16.5. The summed E-state index contributed by atoms with van der Waals surface area (Å²) in [5.41, 5.74) is 3.20. The molecule has 0 unspecified atom stereocenters. The average Bonchev–Trinajstić information content (AvgIpc) is 3.21. The van der Waals surface area contributed by atoms with E-state index in [1.165, 1.54) is 12.0 Å². The van der Waals surface area contributed by atoms with Crippen LogP contribution in [0.25, 0.3) is 16.9 Å². The molecule has 156 valence electrons. The van der Waals surface area contributed by atoms with E-state index >= 15 is 0 Å². The van der Waals surface area contributed by atoms with Gasteiger partial charge in [-0.1, -0.05) is 0 Å². The Hall–Kier alpha value is -4.47. The molecule has 0 fully saturated rings. The second kappa shape index (κ2) is 8.11. The number of fused-ring (bicyclic) bond motifs is 1. The molecular formula is C21H18N6O4. The van der Waals surface area contributed by atoms with Crippen LogP contribution < -0.4 is 15.0 Å². The van der Waals surface area contributed by atoms with Crippen LogP contribution >= 0.6 is 0 Å². The second-order valence-corrected chi connectivity index (χ2v) is 6.57. The molecule has 10 nitrogen and oxygen atoms in total. The molecule has 0 aliphatic heterocycles. The van der Waals surface area contributed by atoms with E-state index < -0.39 is 6.09 Å². The number of aromatic nitrogens is 4. The maximum Gasteiger partial charge on any atom is 0.410 e. The van der Waals surface area contributed by atoms with Crippen molar-refractivity contribution in [2.75, 3.05) is 24.4 Å². The molecule has 0 aromatic carbocycles. The van der Waals surface area contributed by atoms with E-state index in [0.29, 0.717) is 28.5 Å². The van der Waals surface area contributed by atoms with Gasteiger partial charge in [0.25, 0.3) is 5.91 Å². The molecule has 31 heavy (non-hydrogen) atoms. The van der Waals surface area contributed by atoms with Crippen LogP contribution in [0.1, 0.15) is 10.4 Å². The highest BCUT2D eigenvalue weighted by Crippen LogP contribution is 2.23. The monoisotopic (exact) mass is 418 g/mol. The Balaban J connectivity index is 1.66. The van der Waals surface area contributed by atoms with Gasteiger partial charge < -0.3 is 14.7 Å². The number of hydrogen-bond acceptors (Lipinski definition) is 6. The normalized spacial score (nSPS) is 10.6. The average molecular weight is 418 g/mol. The lowest BCUT2D eigenvalue weighted by Gasteiger charge is -2.18. The first-order chi connectivity index (χ1) is 15.0. The van der Waals surface area contributed by atoms with Crippen LogP contribution in [0.2, 0.25) is 0 Å². The minimum Gasteiger partial charge on any atom is -0.481 e. The van der Waals surface area contributed by atoms with E-state index in [1.54, 1.807) is 72.6 Å². The van der Waals surface area contributed by atoms with E-state index in [2.05, 4.69) is 20.3 Å². The molecule has 0 spiro atoms. The standard InChI is InChI=1S/C21H18N6O4/c1-26(15-7-8-22-19(9-15)31-2)20(28)14-4-6-18-24-11-16(27(18)12-14)13-3-5-17(23-10-13)25-21(29)30/h3-12H,1-2H3,(H,23,25)(H,29,30). The summed E-state index contributed by atoms with van der Waals surface area (Å²) in [6.45, 7) is 0. The molecule has 2 amide bonds. The quantitative estimate of drug-likeness (QED) is 0.510. The Labute approximate surface area is 176 Å². The third-order valence-electron chi connectivity index (χ3n) is 4.67. The van der Waals surface area contributed by atoms with Gasteiger partial charge in [0.15, 0.2) is 0 Å². The minimum absolute atomic E-state index is 0.214. The van der Waals surface area contributed by atoms with Gasteiger partial charge in [-0.15, -0.1) is 0 Å². The molecule has 4 aromatic rings. The maximum atomic E-state index is 13.1. The van der Waals surface area contributed by atoms with Crippen molar-refractivity contribution in [3.63, 3.8) is 0 Å². The highest BCUT2D eigenvalue weighted by molar-refractivity contribution is 6.05. The molecule has 0 atom stereocenters. The van der Waals surface area contributed by atoms with Gasteiger partial charge >= 0.3 is 6.09 Å². The molecule has 4 heterocycles. The molecule has 4 rings (SSSR count). The van der Waals surface area contributed by atoms with Crippen LogP contribution in [0.3, 0.4) is 0 Å². The molecule has 4 aromatic heterocycles. The number of carbonyl (C=O) groups is 2. The van der Waals surface area contributed by atoms with Crippen molar-refractivity contribution >= 4 is 29.2 Å². The Morgan fingerprint density at radius 3 is 2.65 bits per heavy atom. The Bertz CT molecular complexity index is 1270. The van der Waals surface area contributed by atoms with E-state index in [-0.39, 0.29) is 11.7 Å². The summed E-state index contributed by atoms with van der Waals surface area (Å²) in [7, 11) is 3.19. The van der Waals surface area contributed by atoms with Gasteiger partial charge in [0.2, 0.25) is 5.88 Å². The fourth-order valence-electron chi connectivity index (χ4n) is 3.08. The SMILES string of the molecule is COc1cc(N(C)C(=O)c2ccc3ncc(-c4ccc(NC(=O)O)nc4)n3c2)ccn1. The molecule has 2 N–H and O–H groups in total. The van der Waals surface area contributed by atoms with E-state index in [0.717, 1.165) is 5.56 Å². The second-order valence-electron chi connectivity index (χ2n) is 6.57. The van der Waals surface area contributed by atoms with Crippen molar-refractivity contribution in [1.82, 2.24) is 19.4 Å². The number of rotatable bonds is 5. The number of carbonyl (C=O) groups excluding carboxylic acids is 1. The number of ether oxygens (including phenoxy) is 1. The zero-order chi connectivity index (χ0) is 22.0. The summed E-state index contributed by atoms with van der Waals surface area (Å²) < 4.78 is 6.91. The molecule has 0 saturated heterocycles. The van der Waals surface area contributed by atoms with Gasteiger partial charge in [0.1, 0.15) is 11.5 Å². The molecule has 0 aliphatic carbocycles. The van der Waals surface area contributed by atoms with Gasteiger partial charge in [-0.05, 0) is 30.3 Å². The summed E-state index contributed by atoms with van der Waals surface area (Å²) in [5, 5.41) is 11.0. The van der Waals surface area contributed by atoms with Crippen molar-refractivity contribution in [2.24, 2.45) is 0 Å². The number of amides is 2. The van der Waals surface area contributed by atoms with Crippen molar-refractivity contribution in [1.29, 1.82) is 0 Å². The number of nitrogens with one attached hydrogen (secondary N) is 1. The van der Waals surface area contributed by atoms with Crippen molar-refractivity contribution in [3.05, 3.63) is 66.7 Å². The first-order valence-electron chi connectivity index (χ1n) is 9.18. The van der Waals surface area contributed by atoms with Crippen LogP contribution in [0, 0.1) is 0 Å². The third kappa shape index (κ3) is 3.99. The van der Waals surface area contributed by atoms with Crippen molar-refractivity contribution < 1.29 is 19.4 Å². The van der Waals surface area contributed by atoms with Gasteiger partial charge in [0.05, 0.1) is 30.3 Å². The van der Waals surface area contributed by atoms with E-state index in [9.17, 15) is 9.59 Å². The smallest absolute Gasteiger partial charge is 0.410 e. The van der Waals surface area contributed by atoms with Crippen LogP contribution in [-0.2, 0) is 0 Å². The predicted octanol–water partition coefficient (Wildman–Crippen LogP) is 3.17. The topological polar surface area (TPSA) is 122 Å². The van der Waals surface area contributed by atoms with Gasteiger partial charge in [0, 0.05) is 37.3 Å². The summed E-state index contributed by atoms with van der Waals surface area (Å²) in [6.07, 6.45) is 5.30. The fraction of sp³-hybridized carbons (Fsp3) is 0.0952. The fourth-order valence-corrected chi connectivity index (χ4v) is 3.08.